The fourth-order valence-electron chi connectivity index (χ4n) is 4.09. The lowest BCUT2D eigenvalue weighted by atomic mass is 9.83. The number of rotatable bonds is 10. The van der Waals surface area contributed by atoms with Gasteiger partial charge >= 0.3 is 11.9 Å². The van der Waals surface area contributed by atoms with E-state index in [0.29, 0.717) is 35.8 Å². The molecule has 0 atom stereocenters. The molecule has 0 radical (unpaired) electrons. The van der Waals surface area contributed by atoms with Crippen molar-refractivity contribution < 1.29 is 38.0 Å². The second kappa shape index (κ2) is 12.0. The number of carbonyl (C=O) groups is 2. The topological polar surface area (TPSA) is 92.8 Å². The first kappa shape index (κ1) is 26.5. The van der Waals surface area contributed by atoms with Crippen molar-refractivity contribution >= 4 is 11.9 Å². The van der Waals surface area contributed by atoms with Crippen molar-refractivity contribution in [2.24, 2.45) is 0 Å². The molecule has 0 unspecified atom stereocenters. The highest BCUT2D eigenvalue weighted by Crippen LogP contribution is 2.44. The zero-order valence-electron chi connectivity index (χ0n) is 21.3. The van der Waals surface area contributed by atoms with Gasteiger partial charge in [-0.05, 0) is 41.8 Å². The van der Waals surface area contributed by atoms with Crippen LogP contribution in [0.4, 0.5) is 0 Å². The van der Waals surface area contributed by atoms with Gasteiger partial charge < -0.3 is 33.3 Å². The van der Waals surface area contributed by atoms with Crippen LogP contribution in [0.25, 0.3) is 0 Å². The zero-order chi connectivity index (χ0) is 26.2. The number of hydrogen-bond donors (Lipinski definition) is 0. The van der Waals surface area contributed by atoms with Gasteiger partial charge in [-0.1, -0.05) is 12.1 Å². The number of nitrogens with zero attached hydrogens (tertiary/aromatic N) is 1. The molecule has 1 aliphatic rings. The Bertz CT molecular complexity index is 1090. The van der Waals surface area contributed by atoms with E-state index in [4.69, 9.17) is 28.4 Å². The normalized spacial score (nSPS) is 13.3. The Hall–Kier alpha value is -4.14. The summed E-state index contributed by atoms with van der Waals surface area (Å²) < 4.78 is 31.8. The molecule has 9 heteroatoms. The molecule has 9 nitrogen and oxygen atoms in total. The van der Waals surface area contributed by atoms with E-state index in [0.717, 1.165) is 11.3 Å². The summed E-state index contributed by atoms with van der Waals surface area (Å²) >= 11 is 0. The third-order valence-electron chi connectivity index (χ3n) is 5.91. The maximum atomic E-state index is 12.9. The van der Waals surface area contributed by atoms with Crippen molar-refractivity contribution in [3.63, 3.8) is 0 Å². The average Bonchev–Trinajstić information content (AvgIpc) is 2.93. The largest absolute Gasteiger partial charge is 0.497 e. The van der Waals surface area contributed by atoms with E-state index in [1.807, 2.05) is 24.3 Å². The molecule has 0 aromatic heterocycles. The molecule has 2 aromatic carbocycles. The maximum Gasteiger partial charge on any atom is 0.336 e. The minimum Gasteiger partial charge on any atom is -0.497 e. The molecule has 0 spiro atoms. The molecule has 0 amide bonds. The highest BCUT2D eigenvalue weighted by atomic mass is 16.5. The van der Waals surface area contributed by atoms with Crippen LogP contribution in [-0.2, 0) is 25.5 Å². The lowest BCUT2D eigenvalue weighted by Gasteiger charge is -2.30. The SMILES string of the molecule is COC(=O)C1=CN(CCc2ccc(OC)cc2)C=C(C(=O)OC)C1c1cc(OC)c(OC)c(OC)c1. The van der Waals surface area contributed by atoms with E-state index in [2.05, 4.69) is 0 Å². The summed E-state index contributed by atoms with van der Waals surface area (Å²) in [4.78, 5) is 27.7. The van der Waals surface area contributed by atoms with E-state index in [-0.39, 0.29) is 11.1 Å². The highest BCUT2D eigenvalue weighted by molar-refractivity contribution is 5.98. The molecule has 0 N–H and O–H groups in total. The molecule has 0 bridgehead atoms. The van der Waals surface area contributed by atoms with Crippen LogP contribution in [0, 0.1) is 0 Å². The predicted octanol–water partition coefficient (Wildman–Crippen LogP) is 3.48. The summed E-state index contributed by atoms with van der Waals surface area (Å²) in [6.45, 7) is 0.509. The van der Waals surface area contributed by atoms with Gasteiger partial charge in [-0.3, -0.25) is 0 Å². The summed E-state index contributed by atoms with van der Waals surface area (Å²) in [6.07, 6.45) is 4.04. The standard InChI is InChI=1S/C27H31NO8/c1-31-19-9-7-17(8-10-19)11-12-28-15-20(26(29)35-5)24(21(16-28)27(30)36-6)18-13-22(32-2)25(34-4)23(14-18)33-3/h7-10,13-16,24H,11-12H2,1-6H3. The van der Waals surface area contributed by atoms with E-state index >= 15 is 0 Å². The van der Waals surface area contributed by atoms with Gasteiger partial charge in [0.1, 0.15) is 5.75 Å². The van der Waals surface area contributed by atoms with Gasteiger partial charge in [-0.2, -0.15) is 0 Å². The van der Waals surface area contributed by atoms with Gasteiger partial charge in [-0.15, -0.1) is 0 Å². The molecule has 3 rings (SSSR count). The number of benzene rings is 2. The van der Waals surface area contributed by atoms with Gasteiger partial charge in [0.25, 0.3) is 0 Å². The molecule has 0 saturated heterocycles. The van der Waals surface area contributed by atoms with E-state index in [9.17, 15) is 9.59 Å². The smallest absolute Gasteiger partial charge is 0.336 e. The fraction of sp³-hybridized carbons (Fsp3) is 0.333. The Morgan fingerprint density at radius 3 is 1.69 bits per heavy atom. The summed E-state index contributed by atoms with van der Waals surface area (Å²) in [6, 6.07) is 11.1. The predicted molar refractivity (Wildman–Crippen MR) is 132 cm³/mol. The Labute approximate surface area is 210 Å². The van der Waals surface area contributed by atoms with Crippen LogP contribution in [0.1, 0.15) is 17.0 Å². The summed E-state index contributed by atoms with van der Waals surface area (Å²) in [5, 5.41) is 0. The number of esters is 2. The Morgan fingerprint density at radius 2 is 1.28 bits per heavy atom. The third kappa shape index (κ3) is 5.56. The third-order valence-corrected chi connectivity index (χ3v) is 5.91. The van der Waals surface area contributed by atoms with Crippen molar-refractivity contribution in [1.29, 1.82) is 0 Å². The first-order chi connectivity index (χ1) is 17.4. The molecule has 2 aromatic rings. The molecule has 0 aliphatic carbocycles. The quantitative estimate of drug-likeness (QED) is 0.458. The molecule has 192 valence electrons. The number of ether oxygens (including phenoxy) is 6. The lowest BCUT2D eigenvalue weighted by molar-refractivity contribution is -0.137. The van der Waals surface area contributed by atoms with Crippen molar-refractivity contribution in [1.82, 2.24) is 4.90 Å². The molecule has 36 heavy (non-hydrogen) atoms. The van der Waals surface area contributed by atoms with Crippen LogP contribution in [0.5, 0.6) is 23.0 Å². The monoisotopic (exact) mass is 497 g/mol. The van der Waals surface area contributed by atoms with Gasteiger partial charge in [-0.25, -0.2) is 9.59 Å². The van der Waals surface area contributed by atoms with Gasteiger partial charge in [0.2, 0.25) is 5.75 Å². The maximum absolute atomic E-state index is 12.9. The second-order valence-electron chi connectivity index (χ2n) is 7.88. The molecule has 1 aliphatic heterocycles. The van der Waals surface area contributed by atoms with Crippen LogP contribution < -0.4 is 18.9 Å². The van der Waals surface area contributed by atoms with E-state index < -0.39 is 17.9 Å². The van der Waals surface area contributed by atoms with Gasteiger partial charge in [0.05, 0.1) is 59.7 Å². The molecular weight excluding hydrogens is 466 g/mol. The van der Waals surface area contributed by atoms with Crippen LogP contribution in [-0.4, -0.2) is 66.0 Å². The van der Waals surface area contributed by atoms with E-state index in [1.165, 1.54) is 35.5 Å². The summed E-state index contributed by atoms with van der Waals surface area (Å²) in [5.41, 5.74) is 2.19. The molecule has 1 heterocycles. The number of hydrogen-bond acceptors (Lipinski definition) is 9. The number of carbonyl (C=O) groups excluding carboxylic acids is 2. The first-order valence-electron chi connectivity index (χ1n) is 11.2. The Morgan fingerprint density at radius 1 is 0.750 bits per heavy atom. The number of methoxy groups -OCH3 is 6. The molecule has 0 saturated carbocycles. The molecule has 0 fully saturated rings. The van der Waals surface area contributed by atoms with Crippen molar-refractivity contribution in [3.05, 3.63) is 71.1 Å². The fourth-order valence-corrected chi connectivity index (χ4v) is 4.09. The van der Waals surface area contributed by atoms with Crippen molar-refractivity contribution in [2.45, 2.75) is 12.3 Å². The molecular formula is C27H31NO8. The Kier molecular flexibility index (Phi) is 8.83. The average molecular weight is 498 g/mol. The summed E-state index contributed by atoms with van der Waals surface area (Å²) in [7, 11) is 8.71. The van der Waals surface area contributed by atoms with Crippen LogP contribution in [0.3, 0.4) is 0 Å². The van der Waals surface area contributed by atoms with E-state index in [1.54, 1.807) is 36.5 Å². The lowest BCUT2D eigenvalue weighted by Crippen LogP contribution is -2.29. The second-order valence-corrected chi connectivity index (χ2v) is 7.88. The Balaban J connectivity index is 2.05. The van der Waals surface area contributed by atoms with Crippen LogP contribution in [0.2, 0.25) is 0 Å². The van der Waals surface area contributed by atoms with Crippen LogP contribution in [0.15, 0.2) is 59.9 Å². The highest BCUT2D eigenvalue weighted by Gasteiger charge is 2.36. The summed E-state index contributed by atoms with van der Waals surface area (Å²) in [5.74, 6) is 0.0224. The zero-order valence-corrected chi connectivity index (χ0v) is 21.3. The van der Waals surface area contributed by atoms with Gasteiger partial charge in [0, 0.05) is 18.9 Å². The van der Waals surface area contributed by atoms with Crippen LogP contribution >= 0.6 is 0 Å². The van der Waals surface area contributed by atoms with Gasteiger partial charge in [0.15, 0.2) is 11.5 Å². The minimum absolute atomic E-state index is 0.268. The minimum atomic E-state index is -0.782. The van der Waals surface area contributed by atoms with Crippen molar-refractivity contribution in [2.75, 3.05) is 49.2 Å². The first-order valence-corrected chi connectivity index (χ1v) is 11.2. The van der Waals surface area contributed by atoms with Crippen molar-refractivity contribution in [3.8, 4) is 23.0 Å².